The molecule has 1 aromatic carbocycles. The molecule has 0 radical (unpaired) electrons. The molecule has 0 amide bonds. The van der Waals surface area contributed by atoms with Gasteiger partial charge in [-0.05, 0) is 18.6 Å². The van der Waals surface area contributed by atoms with E-state index in [9.17, 15) is 10.1 Å². The summed E-state index contributed by atoms with van der Waals surface area (Å²) in [4.78, 5) is 14.4. The lowest BCUT2D eigenvalue weighted by Crippen LogP contribution is -2.02. The molecule has 1 aromatic heterocycles. The topological polar surface area (TPSA) is 81.2 Å². The summed E-state index contributed by atoms with van der Waals surface area (Å²) in [5.74, 6) is 1.39. The number of nitro benzene ring substituents is 1. The molecule has 0 aliphatic rings. The van der Waals surface area contributed by atoms with Crippen LogP contribution < -0.4 is 5.32 Å². The standard InChI is InChI=1S/C13H14ClN3O3/c1-3-9-6-16-13(20-9)7-15-11-5-10(14)12(17(18)19)4-8(11)2/h4-6,15H,3,7H2,1-2H3. The molecule has 0 atom stereocenters. The number of nitrogens with zero attached hydrogens (tertiary/aromatic N) is 2. The zero-order valence-corrected chi connectivity index (χ0v) is 11.9. The molecule has 106 valence electrons. The van der Waals surface area contributed by atoms with Crippen LogP contribution in [0.5, 0.6) is 0 Å². The molecule has 0 aliphatic carbocycles. The van der Waals surface area contributed by atoms with Crippen LogP contribution in [0.3, 0.4) is 0 Å². The predicted molar refractivity (Wildman–Crippen MR) is 76.1 cm³/mol. The van der Waals surface area contributed by atoms with Crippen molar-refractivity contribution in [1.82, 2.24) is 4.98 Å². The molecule has 1 N–H and O–H groups in total. The van der Waals surface area contributed by atoms with Gasteiger partial charge in [-0.15, -0.1) is 0 Å². The van der Waals surface area contributed by atoms with Crippen molar-refractivity contribution in [3.05, 3.63) is 50.7 Å². The van der Waals surface area contributed by atoms with E-state index in [2.05, 4.69) is 10.3 Å². The fourth-order valence-electron chi connectivity index (χ4n) is 1.76. The van der Waals surface area contributed by atoms with E-state index >= 15 is 0 Å². The van der Waals surface area contributed by atoms with Crippen LogP contribution in [-0.4, -0.2) is 9.91 Å². The molecule has 2 aromatic rings. The van der Waals surface area contributed by atoms with Crippen LogP contribution in [-0.2, 0) is 13.0 Å². The second-order valence-corrected chi connectivity index (χ2v) is 4.71. The van der Waals surface area contributed by atoms with Gasteiger partial charge in [0, 0.05) is 18.2 Å². The first kappa shape index (κ1) is 14.3. The number of aromatic nitrogens is 1. The molecular weight excluding hydrogens is 282 g/mol. The lowest BCUT2D eigenvalue weighted by molar-refractivity contribution is -0.384. The molecule has 1 heterocycles. The Morgan fingerprint density at radius 2 is 2.25 bits per heavy atom. The van der Waals surface area contributed by atoms with Gasteiger partial charge in [0.1, 0.15) is 10.8 Å². The average Bonchev–Trinajstić information content (AvgIpc) is 2.87. The summed E-state index contributed by atoms with van der Waals surface area (Å²) < 4.78 is 5.47. The molecular formula is C13H14ClN3O3. The van der Waals surface area contributed by atoms with Crippen molar-refractivity contribution in [1.29, 1.82) is 0 Å². The van der Waals surface area contributed by atoms with Crippen molar-refractivity contribution in [2.75, 3.05) is 5.32 Å². The highest BCUT2D eigenvalue weighted by molar-refractivity contribution is 6.33. The first-order valence-corrected chi connectivity index (χ1v) is 6.51. The van der Waals surface area contributed by atoms with Crippen molar-refractivity contribution >= 4 is 23.0 Å². The van der Waals surface area contributed by atoms with E-state index in [1.165, 1.54) is 6.07 Å². The van der Waals surface area contributed by atoms with Gasteiger partial charge in [-0.3, -0.25) is 10.1 Å². The molecule has 0 fully saturated rings. The van der Waals surface area contributed by atoms with Gasteiger partial charge < -0.3 is 9.73 Å². The fraction of sp³-hybridized carbons (Fsp3) is 0.308. The predicted octanol–water partition coefficient (Wildman–Crippen LogP) is 3.72. The minimum absolute atomic E-state index is 0.0980. The van der Waals surface area contributed by atoms with E-state index in [0.717, 1.165) is 23.4 Å². The van der Waals surface area contributed by atoms with E-state index in [-0.39, 0.29) is 10.7 Å². The van der Waals surface area contributed by atoms with Crippen molar-refractivity contribution in [3.8, 4) is 0 Å². The van der Waals surface area contributed by atoms with E-state index < -0.39 is 4.92 Å². The largest absolute Gasteiger partial charge is 0.444 e. The number of nitrogens with one attached hydrogen (secondary N) is 1. The molecule has 7 heteroatoms. The molecule has 0 bridgehead atoms. The second-order valence-electron chi connectivity index (χ2n) is 4.30. The summed E-state index contributed by atoms with van der Waals surface area (Å²) in [5, 5.41) is 14.0. The third-order valence-electron chi connectivity index (χ3n) is 2.87. The summed E-state index contributed by atoms with van der Waals surface area (Å²) in [6.07, 6.45) is 2.47. The van der Waals surface area contributed by atoms with Crippen molar-refractivity contribution in [2.45, 2.75) is 26.8 Å². The highest BCUT2D eigenvalue weighted by Crippen LogP contribution is 2.30. The van der Waals surface area contributed by atoms with Gasteiger partial charge in [0.2, 0.25) is 5.89 Å². The lowest BCUT2D eigenvalue weighted by Gasteiger charge is -2.08. The Balaban J connectivity index is 2.13. The van der Waals surface area contributed by atoms with Crippen molar-refractivity contribution in [3.63, 3.8) is 0 Å². The van der Waals surface area contributed by atoms with Gasteiger partial charge >= 0.3 is 0 Å². The number of nitro groups is 1. The van der Waals surface area contributed by atoms with Gasteiger partial charge in [0.05, 0.1) is 17.7 Å². The number of benzene rings is 1. The Kier molecular flexibility index (Phi) is 4.24. The SMILES string of the molecule is CCc1cnc(CNc2cc(Cl)c([N+](=O)[O-])cc2C)o1. The molecule has 20 heavy (non-hydrogen) atoms. The summed E-state index contributed by atoms with van der Waals surface area (Å²) in [5.41, 5.74) is 1.36. The molecule has 0 spiro atoms. The number of hydrogen-bond acceptors (Lipinski definition) is 5. The zero-order chi connectivity index (χ0) is 14.7. The molecule has 0 saturated heterocycles. The van der Waals surface area contributed by atoms with Gasteiger partial charge in [0.15, 0.2) is 0 Å². The molecule has 2 rings (SSSR count). The van der Waals surface area contributed by atoms with Gasteiger partial charge in [-0.2, -0.15) is 0 Å². The number of oxazole rings is 1. The van der Waals surface area contributed by atoms with E-state index in [1.807, 2.05) is 6.92 Å². The van der Waals surface area contributed by atoms with Gasteiger partial charge in [-0.1, -0.05) is 18.5 Å². The van der Waals surface area contributed by atoms with E-state index in [1.54, 1.807) is 19.2 Å². The zero-order valence-electron chi connectivity index (χ0n) is 11.1. The molecule has 6 nitrogen and oxygen atoms in total. The number of rotatable bonds is 5. The molecule has 0 saturated carbocycles. The summed E-state index contributed by atoms with van der Waals surface area (Å²) in [7, 11) is 0. The summed E-state index contributed by atoms with van der Waals surface area (Å²) >= 11 is 5.88. The minimum atomic E-state index is -0.499. The van der Waals surface area contributed by atoms with Crippen LogP contribution in [0, 0.1) is 17.0 Å². The number of aryl methyl sites for hydroxylation is 2. The van der Waals surface area contributed by atoms with E-state index in [0.29, 0.717) is 12.4 Å². The highest BCUT2D eigenvalue weighted by atomic mass is 35.5. The van der Waals surface area contributed by atoms with E-state index in [4.69, 9.17) is 16.0 Å². The lowest BCUT2D eigenvalue weighted by atomic mass is 10.2. The second kappa shape index (κ2) is 5.92. The third kappa shape index (κ3) is 3.08. The Hall–Kier alpha value is -2.08. The van der Waals surface area contributed by atoms with Crippen LogP contribution in [0.15, 0.2) is 22.7 Å². The van der Waals surface area contributed by atoms with Crippen LogP contribution in [0.4, 0.5) is 11.4 Å². The Morgan fingerprint density at radius 3 is 2.85 bits per heavy atom. The van der Waals surface area contributed by atoms with Crippen LogP contribution >= 0.6 is 11.6 Å². The number of halogens is 1. The quantitative estimate of drug-likeness (QED) is 0.671. The van der Waals surface area contributed by atoms with Crippen LogP contribution in [0.1, 0.15) is 24.1 Å². The fourth-order valence-corrected chi connectivity index (χ4v) is 1.99. The first-order chi connectivity index (χ1) is 9.51. The molecule has 0 aliphatic heterocycles. The maximum Gasteiger partial charge on any atom is 0.288 e. The van der Waals surface area contributed by atoms with Crippen molar-refractivity contribution < 1.29 is 9.34 Å². The monoisotopic (exact) mass is 295 g/mol. The van der Waals surface area contributed by atoms with Gasteiger partial charge in [0.25, 0.3) is 5.69 Å². The van der Waals surface area contributed by atoms with Gasteiger partial charge in [-0.25, -0.2) is 4.98 Å². The maximum absolute atomic E-state index is 10.8. The highest BCUT2D eigenvalue weighted by Gasteiger charge is 2.15. The Morgan fingerprint density at radius 1 is 1.50 bits per heavy atom. The number of anilines is 1. The Labute approximate surface area is 120 Å². The third-order valence-corrected chi connectivity index (χ3v) is 3.17. The molecule has 0 unspecified atom stereocenters. The van der Waals surface area contributed by atoms with Crippen LogP contribution in [0.25, 0.3) is 0 Å². The van der Waals surface area contributed by atoms with Crippen molar-refractivity contribution in [2.24, 2.45) is 0 Å². The van der Waals surface area contributed by atoms with Crippen LogP contribution in [0.2, 0.25) is 5.02 Å². The summed E-state index contributed by atoms with van der Waals surface area (Å²) in [6, 6.07) is 2.98. The smallest absolute Gasteiger partial charge is 0.288 e. The maximum atomic E-state index is 10.8. The number of hydrogen-bond donors (Lipinski definition) is 1. The first-order valence-electron chi connectivity index (χ1n) is 6.13. The Bertz CT molecular complexity index is 640. The minimum Gasteiger partial charge on any atom is -0.444 e. The average molecular weight is 296 g/mol. The summed E-state index contributed by atoms with van der Waals surface area (Å²) in [6.45, 7) is 4.16. The normalized spacial score (nSPS) is 10.6.